The number of nitrogens with one attached hydrogen (secondary N) is 2. The summed E-state index contributed by atoms with van der Waals surface area (Å²) in [6.45, 7) is 2.32. The molecule has 0 aliphatic carbocycles. The molecular formula is C25H24N2O8S. The van der Waals surface area contributed by atoms with E-state index in [4.69, 9.17) is 4.74 Å². The largest absolute Gasteiger partial charge is 0.494 e. The highest BCUT2D eigenvalue weighted by atomic mass is 32.2. The number of ether oxygens (including phenoxy) is 3. The topological polar surface area (TPSA) is 137 Å². The highest BCUT2D eigenvalue weighted by Gasteiger charge is 2.19. The minimum absolute atomic E-state index is 0.0200. The van der Waals surface area contributed by atoms with Crippen molar-refractivity contribution in [2.75, 3.05) is 30.9 Å². The summed E-state index contributed by atoms with van der Waals surface area (Å²) < 4.78 is 42.9. The summed E-state index contributed by atoms with van der Waals surface area (Å²) in [5.41, 5.74) is 0.512. The van der Waals surface area contributed by atoms with Crippen LogP contribution in [0.3, 0.4) is 0 Å². The third-order valence-electron chi connectivity index (χ3n) is 4.86. The SMILES string of the molecule is CCOc1ccc(NS(=O)(=O)c2cccc(C(=O)Nc3cc(C(=O)OC)cc(C(=O)OC)c3)c2)cc1. The van der Waals surface area contributed by atoms with Gasteiger partial charge in [-0.3, -0.25) is 9.52 Å². The van der Waals surface area contributed by atoms with Crippen molar-refractivity contribution in [3.8, 4) is 5.75 Å². The Bertz CT molecular complexity index is 1350. The van der Waals surface area contributed by atoms with Crippen LogP contribution in [0.1, 0.15) is 38.0 Å². The van der Waals surface area contributed by atoms with Crippen molar-refractivity contribution in [3.05, 3.63) is 83.4 Å². The summed E-state index contributed by atoms with van der Waals surface area (Å²) in [6, 6.07) is 15.7. The van der Waals surface area contributed by atoms with E-state index in [1.54, 1.807) is 24.3 Å². The van der Waals surface area contributed by atoms with Crippen LogP contribution in [0, 0.1) is 0 Å². The van der Waals surface area contributed by atoms with Gasteiger partial charge in [0.05, 0.1) is 36.8 Å². The van der Waals surface area contributed by atoms with E-state index in [0.717, 1.165) is 0 Å². The lowest BCUT2D eigenvalue weighted by atomic mass is 10.1. The monoisotopic (exact) mass is 512 g/mol. The lowest BCUT2D eigenvalue weighted by Gasteiger charge is -2.12. The maximum absolute atomic E-state index is 12.9. The number of methoxy groups -OCH3 is 2. The third-order valence-corrected chi connectivity index (χ3v) is 6.24. The highest BCUT2D eigenvalue weighted by molar-refractivity contribution is 7.92. The maximum Gasteiger partial charge on any atom is 0.337 e. The number of hydrogen-bond donors (Lipinski definition) is 2. The van der Waals surface area contributed by atoms with Gasteiger partial charge in [0.1, 0.15) is 5.75 Å². The number of esters is 2. The number of rotatable bonds is 9. The fourth-order valence-electron chi connectivity index (χ4n) is 3.18. The van der Waals surface area contributed by atoms with Crippen molar-refractivity contribution in [2.45, 2.75) is 11.8 Å². The van der Waals surface area contributed by atoms with Gasteiger partial charge >= 0.3 is 11.9 Å². The predicted octanol–water partition coefficient (Wildman–Crippen LogP) is 3.71. The van der Waals surface area contributed by atoms with Crippen LogP contribution in [-0.4, -0.2) is 47.1 Å². The Labute approximate surface area is 208 Å². The van der Waals surface area contributed by atoms with E-state index in [0.29, 0.717) is 18.0 Å². The molecule has 0 unspecified atom stereocenters. The molecule has 0 aromatic heterocycles. The van der Waals surface area contributed by atoms with E-state index < -0.39 is 27.9 Å². The lowest BCUT2D eigenvalue weighted by Crippen LogP contribution is -2.16. The number of amides is 1. The van der Waals surface area contributed by atoms with E-state index in [2.05, 4.69) is 19.5 Å². The fourth-order valence-corrected chi connectivity index (χ4v) is 4.28. The fraction of sp³-hybridized carbons (Fsp3) is 0.160. The van der Waals surface area contributed by atoms with Gasteiger partial charge in [-0.15, -0.1) is 0 Å². The number of sulfonamides is 1. The quantitative estimate of drug-likeness (QED) is 0.414. The number of anilines is 2. The first-order valence-corrected chi connectivity index (χ1v) is 12.1. The van der Waals surface area contributed by atoms with E-state index in [1.165, 1.54) is 56.7 Å². The molecule has 0 spiro atoms. The van der Waals surface area contributed by atoms with Crippen LogP contribution in [0.15, 0.2) is 71.6 Å². The second-order valence-electron chi connectivity index (χ2n) is 7.33. The van der Waals surface area contributed by atoms with E-state index in [-0.39, 0.29) is 27.3 Å². The summed E-state index contributed by atoms with van der Waals surface area (Å²) >= 11 is 0. The molecule has 0 saturated heterocycles. The van der Waals surface area contributed by atoms with Gasteiger partial charge in [-0.2, -0.15) is 0 Å². The molecule has 0 aliphatic rings. The van der Waals surface area contributed by atoms with Gasteiger partial charge in [0.25, 0.3) is 15.9 Å². The second kappa shape index (κ2) is 11.4. The van der Waals surface area contributed by atoms with Gasteiger partial charge in [0.15, 0.2) is 0 Å². The summed E-state index contributed by atoms with van der Waals surface area (Å²) in [5, 5.41) is 2.56. The Morgan fingerprint density at radius 3 is 1.94 bits per heavy atom. The van der Waals surface area contributed by atoms with Crippen molar-refractivity contribution < 1.29 is 37.0 Å². The highest BCUT2D eigenvalue weighted by Crippen LogP contribution is 2.22. The summed E-state index contributed by atoms with van der Waals surface area (Å²) in [7, 11) is -1.64. The van der Waals surface area contributed by atoms with E-state index >= 15 is 0 Å². The van der Waals surface area contributed by atoms with Gasteiger partial charge in [-0.1, -0.05) is 6.07 Å². The van der Waals surface area contributed by atoms with Gasteiger partial charge in [0, 0.05) is 16.9 Å². The Morgan fingerprint density at radius 1 is 0.778 bits per heavy atom. The molecule has 0 atom stereocenters. The first kappa shape index (κ1) is 26.2. The Hall–Kier alpha value is -4.38. The van der Waals surface area contributed by atoms with Crippen LogP contribution >= 0.6 is 0 Å². The molecule has 36 heavy (non-hydrogen) atoms. The predicted molar refractivity (Wildman–Crippen MR) is 132 cm³/mol. The molecule has 10 nitrogen and oxygen atoms in total. The first-order valence-electron chi connectivity index (χ1n) is 10.7. The number of carbonyl (C=O) groups excluding carboxylic acids is 3. The van der Waals surface area contributed by atoms with Crippen LogP contribution in [0.5, 0.6) is 5.75 Å². The average molecular weight is 513 g/mol. The molecule has 3 aromatic rings. The zero-order chi connectivity index (χ0) is 26.3. The smallest absolute Gasteiger partial charge is 0.337 e. The molecule has 0 saturated carbocycles. The zero-order valence-corrected chi connectivity index (χ0v) is 20.5. The normalized spacial score (nSPS) is 10.8. The van der Waals surface area contributed by atoms with Crippen molar-refractivity contribution in [1.82, 2.24) is 0 Å². The molecule has 3 rings (SSSR count). The first-order chi connectivity index (χ1) is 17.2. The van der Waals surface area contributed by atoms with Crippen molar-refractivity contribution >= 4 is 39.2 Å². The number of benzene rings is 3. The lowest BCUT2D eigenvalue weighted by molar-refractivity contribution is 0.0598. The van der Waals surface area contributed by atoms with Crippen molar-refractivity contribution in [1.29, 1.82) is 0 Å². The molecule has 188 valence electrons. The summed E-state index contributed by atoms with van der Waals surface area (Å²) in [4.78, 5) is 36.7. The van der Waals surface area contributed by atoms with Crippen molar-refractivity contribution in [3.63, 3.8) is 0 Å². The maximum atomic E-state index is 12.9. The molecule has 1 amide bonds. The molecule has 2 N–H and O–H groups in total. The Kier molecular flexibility index (Phi) is 8.28. The molecule has 0 heterocycles. The van der Waals surface area contributed by atoms with Crippen LogP contribution in [-0.2, 0) is 19.5 Å². The molecule has 0 fully saturated rings. The standard InChI is InChI=1S/C25H24N2O8S/c1-4-35-21-10-8-19(9-11-21)27-36(31,32)22-7-5-6-16(15-22)23(28)26-20-13-17(24(29)33-2)12-18(14-20)25(30)34-3/h5-15,27H,4H2,1-3H3,(H,26,28). The van der Waals surface area contributed by atoms with Crippen molar-refractivity contribution in [2.24, 2.45) is 0 Å². The van der Waals surface area contributed by atoms with Crippen LogP contribution in [0.2, 0.25) is 0 Å². The minimum atomic E-state index is -4.00. The van der Waals surface area contributed by atoms with Gasteiger partial charge < -0.3 is 19.5 Å². The van der Waals surface area contributed by atoms with Crippen LogP contribution in [0.4, 0.5) is 11.4 Å². The minimum Gasteiger partial charge on any atom is -0.494 e. The van der Waals surface area contributed by atoms with Gasteiger partial charge in [0.2, 0.25) is 0 Å². The average Bonchev–Trinajstić information content (AvgIpc) is 2.88. The van der Waals surface area contributed by atoms with E-state index in [9.17, 15) is 22.8 Å². The Morgan fingerprint density at radius 2 is 1.39 bits per heavy atom. The molecule has 3 aromatic carbocycles. The van der Waals surface area contributed by atoms with Crippen LogP contribution < -0.4 is 14.8 Å². The van der Waals surface area contributed by atoms with Gasteiger partial charge in [-0.05, 0) is 67.6 Å². The summed E-state index contributed by atoms with van der Waals surface area (Å²) in [5.74, 6) is -1.49. The molecular weight excluding hydrogens is 488 g/mol. The molecule has 0 radical (unpaired) electrons. The number of hydrogen-bond acceptors (Lipinski definition) is 8. The summed E-state index contributed by atoms with van der Waals surface area (Å²) in [6.07, 6.45) is 0. The second-order valence-corrected chi connectivity index (χ2v) is 9.01. The third kappa shape index (κ3) is 6.39. The molecule has 0 aliphatic heterocycles. The Balaban J connectivity index is 1.84. The molecule has 0 bridgehead atoms. The molecule has 11 heteroatoms. The zero-order valence-electron chi connectivity index (χ0n) is 19.7. The van der Waals surface area contributed by atoms with Gasteiger partial charge in [-0.25, -0.2) is 18.0 Å². The number of carbonyl (C=O) groups is 3. The van der Waals surface area contributed by atoms with E-state index in [1.807, 2.05) is 6.92 Å². The van der Waals surface area contributed by atoms with Crippen LogP contribution in [0.25, 0.3) is 0 Å².